The lowest BCUT2D eigenvalue weighted by Gasteiger charge is -2.21. The Bertz CT molecular complexity index is 322. The molecule has 0 saturated carbocycles. The Morgan fingerprint density at radius 2 is 2.07 bits per heavy atom. The Kier molecular flexibility index (Phi) is 4.41. The van der Waals surface area contributed by atoms with E-state index in [2.05, 4.69) is 6.58 Å². The fourth-order valence-corrected chi connectivity index (χ4v) is 1.35. The molecule has 0 aliphatic rings. The molecule has 0 aliphatic heterocycles. The number of hydrogen-bond donors (Lipinski definition) is 1. The third-order valence-corrected chi connectivity index (χ3v) is 2.05. The van der Waals surface area contributed by atoms with Crippen LogP contribution in [0.15, 0.2) is 43.0 Å². The molecule has 1 N–H and O–H groups in total. The van der Waals surface area contributed by atoms with E-state index in [9.17, 15) is 4.79 Å². The van der Waals surface area contributed by atoms with Gasteiger partial charge in [0.05, 0.1) is 0 Å². The van der Waals surface area contributed by atoms with Crippen molar-refractivity contribution in [3.05, 3.63) is 43.0 Å². The molecule has 1 rings (SSSR count). The minimum atomic E-state index is -0.817. The zero-order valence-corrected chi connectivity index (χ0v) is 8.60. The summed E-state index contributed by atoms with van der Waals surface area (Å²) in [5.74, 6) is -0.817. The normalized spacial score (nSPS) is 9.60. The van der Waals surface area contributed by atoms with E-state index in [1.807, 2.05) is 35.2 Å². The van der Waals surface area contributed by atoms with Crippen molar-refractivity contribution in [2.75, 3.05) is 18.0 Å². The van der Waals surface area contributed by atoms with Gasteiger partial charge in [0.15, 0.2) is 0 Å². The van der Waals surface area contributed by atoms with Gasteiger partial charge >= 0.3 is 5.97 Å². The van der Waals surface area contributed by atoms with E-state index in [1.165, 1.54) is 0 Å². The number of carboxylic acid groups (broad SMARTS) is 1. The molecule has 0 saturated heterocycles. The third kappa shape index (κ3) is 3.85. The first-order valence-electron chi connectivity index (χ1n) is 4.86. The van der Waals surface area contributed by atoms with E-state index >= 15 is 0 Å². The molecule has 0 aromatic heterocycles. The first-order chi connectivity index (χ1) is 7.24. The highest BCUT2D eigenvalue weighted by atomic mass is 16.4. The summed E-state index contributed by atoms with van der Waals surface area (Å²) in [7, 11) is 0. The van der Waals surface area contributed by atoms with E-state index in [-0.39, 0.29) is 6.54 Å². The van der Waals surface area contributed by atoms with Crippen LogP contribution in [0.3, 0.4) is 0 Å². The number of benzene rings is 1. The van der Waals surface area contributed by atoms with Crippen LogP contribution in [-0.4, -0.2) is 24.2 Å². The summed E-state index contributed by atoms with van der Waals surface area (Å²) in [4.78, 5) is 12.5. The van der Waals surface area contributed by atoms with Crippen molar-refractivity contribution in [2.45, 2.75) is 6.42 Å². The molecule has 0 heterocycles. The average molecular weight is 205 g/mol. The SMILES string of the molecule is C=CCCN(CC(=O)O)c1ccccc1. The number of carboxylic acids is 1. The molecular weight excluding hydrogens is 190 g/mol. The molecule has 0 fully saturated rings. The summed E-state index contributed by atoms with van der Waals surface area (Å²) in [6.45, 7) is 4.34. The number of hydrogen-bond acceptors (Lipinski definition) is 2. The maximum absolute atomic E-state index is 10.7. The molecule has 0 aliphatic carbocycles. The lowest BCUT2D eigenvalue weighted by molar-refractivity contribution is -0.135. The van der Waals surface area contributed by atoms with Gasteiger partial charge in [-0.15, -0.1) is 6.58 Å². The van der Waals surface area contributed by atoms with E-state index in [0.29, 0.717) is 6.54 Å². The highest BCUT2D eigenvalue weighted by Gasteiger charge is 2.08. The fraction of sp³-hybridized carbons (Fsp3) is 0.250. The smallest absolute Gasteiger partial charge is 0.323 e. The number of para-hydroxylation sites is 1. The van der Waals surface area contributed by atoms with Crippen LogP contribution >= 0.6 is 0 Å². The summed E-state index contributed by atoms with van der Waals surface area (Å²) in [6.07, 6.45) is 2.57. The van der Waals surface area contributed by atoms with E-state index in [1.54, 1.807) is 6.08 Å². The average Bonchev–Trinajstić information content (AvgIpc) is 2.25. The van der Waals surface area contributed by atoms with Crippen molar-refractivity contribution in [1.82, 2.24) is 0 Å². The number of nitrogens with zero attached hydrogens (tertiary/aromatic N) is 1. The minimum Gasteiger partial charge on any atom is -0.480 e. The Hall–Kier alpha value is -1.77. The van der Waals surface area contributed by atoms with Crippen molar-refractivity contribution in [3.63, 3.8) is 0 Å². The second-order valence-corrected chi connectivity index (χ2v) is 3.23. The van der Waals surface area contributed by atoms with Gasteiger partial charge < -0.3 is 10.0 Å². The maximum Gasteiger partial charge on any atom is 0.323 e. The van der Waals surface area contributed by atoms with Gasteiger partial charge in [0.2, 0.25) is 0 Å². The highest BCUT2D eigenvalue weighted by Crippen LogP contribution is 2.13. The van der Waals surface area contributed by atoms with Crippen LogP contribution in [-0.2, 0) is 4.79 Å². The standard InChI is InChI=1S/C12H15NO2/c1-2-3-9-13(10-12(14)15)11-7-5-4-6-8-11/h2,4-8H,1,3,9-10H2,(H,14,15). The van der Waals surface area contributed by atoms with Crippen LogP contribution in [0.5, 0.6) is 0 Å². The van der Waals surface area contributed by atoms with Gasteiger partial charge in [0.25, 0.3) is 0 Å². The second-order valence-electron chi connectivity index (χ2n) is 3.23. The monoisotopic (exact) mass is 205 g/mol. The van der Waals surface area contributed by atoms with E-state index < -0.39 is 5.97 Å². The summed E-state index contributed by atoms with van der Waals surface area (Å²) in [6, 6.07) is 9.53. The van der Waals surface area contributed by atoms with Crippen molar-refractivity contribution in [2.24, 2.45) is 0 Å². The van der Waals surface area contributed by atoms with Crippen LogP contribution in [0.25, 0.3) is 0 Å². The van der Waals surface area contributed by atoms with Crippen LogP contribution in [0.1, 0.15) is 6.42 Å². The number of aliphatic carboxylic acids is 1. The van der Waals surface area contributed by atoms with Gasteiger partial charge in [-0.1, -0.05) is 24.3 Å². The number of rotatable bonds is 6. The van der Waals surface area contributed by atoms with Crippen LogP contribution in [0.4, 0.5) is 5.69 Å². The van der Waals surface area contributed by atoms with Crippen molar-refractivity contribution in [3.8, 4) is 0 Å². The third-order valence-electron chi connectivity index (χ3n) is 2.05. The lowest BCUT2D eigenvalue weighted by atomic mass is 10.2. The molecule has 15 heavy (non-hydrogen) atoms. The van der Waals surface area contributed by atoms with Gasteiger partial charge in [-0.2, -0.15) is 0 Å². The fourth-order valence-electron chi connectivity index (χ4n) is 1.35. The molecule has 3 heteroatoms. The molecule has 3 nitrogen and oxygen atoms in total. The molecule has 0 radical (unpaired) electrons. The second kappa shape index (κ2) is 5.86. The first kappa shape index (κ1) is 11.3. The van der Waals surface area contributed by atoms with Gasteiger partial charge in [0.1, 0.15) is 6.54 Å². The number of carbonyl (C=O) groups is 1. The van der Waals surface area contributed by atoms with Crippen LogP contribution in [0.2, 0.25) is 0 Å². The quantitative estimate of drug-likeness (QED) is 0.723. The van der Waals surface area contributed by atoms with Gasteiger partial charge in [-0.25, -0.2) is 0 Å². The Balaban J connectivity index is 2.71. The lowest BCUT2D eigenvalue weighted by Crippen LogP contribution is -2.30. The van der Waals surface area contributed by atoms with Crippen molar-refractivity contribution < 1.29 is 9.90 Å². The van der Waals surface area contributed by atoms with Crippen molar-refractivity contribution >= 4 is 11.7 Å². The van der Waals surface area contributed by atoms with Gasteiger partial charge in [-0.05, 0) is 18.6 Å². The maximum atomic E-state index is 10.7. The number of anilines is 1. The minimum absolute atomic E-state index is 0.0256. The Labute approximate surface area is 89.6 Å². The summed E-state index contributed by atoms with van der Waals surface area (Å²) in [5.41, 5.74) is 0.932. The predicted molar refractivity (Wildman–Crippen MR) is 61.1 cm³/mol. The molecule has 0 atom stereocenters. The highest BCUT2D eigenvalue weighted by molar-refractivity contribution is 5.73. The molecular formula is C12H15NO2. The summed E-state index contributed by atoms with van der Waals surface area (Å²) >= 11 is 0. The van der Waals surface area contributed by atoms with Crippen LogP contribution < -0.4 is 4.90 Å². The first-order valence-corrected chi connectivity index (χ1v) is 4.86. The summed E-state index contributed by atoms with van der Waals surface area (Å²) < 4.78 is 0. The topological polar surface area (TPSA) is 40.5 Å². The predicted octanol–water partition coefficient (Wildman–Crippen LogP) is 2.15. The molecule has 1 aromatic rings. The Morgan fingerprint density at radius 1 is 1.40 bits per heavy atom. The zero-order valence-electron chi connectivity index (χ0n) is 8.60. The van der Waals surface area contributed by atoms with E-state index in [4.69, 9.17) is 5.11 Å². The largest absolute Gasteiger partial charge is 0.480 e. The molecule has 0 unspecified atom stereocenters. The molecule has 0 spiro atoms. The van der Waals surface area contributed by atoms with Gasteiger partial charge in [-0.3, -0.25) is 4.79 Å². The molecule has 0 bridgehead atoms. The molecule has 0 amide bonds. The van der Waals surface area contributed by atoms with Crippen LogP contribution in [0, 0.1) is 0 Å². The van der Waals surface area contributed by atoms with Crippen molar-refractivity contribution in [1.29, 1.82) is 0 Å². The molecule has 1 aromatic carbocycles. The van der Waals surface area contributed by atoms with E-state index in [0.717, 1.165) is 12.1 Å². The zero-order chi connectivity index (χ0) is 11.1. The Morgan fingerprint density at radius 3 is 2.60 bits per heavy atom. The van der Waals surface area contributed by atoms with Gasteiger partial charge in [0, 0.05) is 12.2 Å². The summed E-state index contributed by atoms with van der Waals surface area (Å²) in [5, 5.41) is 8.78. The molecule has 80 valence electrons.